The van der Waals surface area contributed by atoms with Gasteiger partial charge in [0.2, 0.25) is 0 Å². The van der Waals surface area contributed by atoms with Gasteiger partial charge < -0.3 is 10.2 Å². The third-order valence-corrected chi connectivity index (χ3v) is 3.10. The quantitative estimate of drug-likeness (QED) is 0.941. The summed E-state index contributed by atoms with van der Waals surface area (Å²) in [4.78, 5) is 4.26. The molecule has 0 aliphatic rings. The van der Waals surface area contributed by atoms with Gasteiger partial charge in [-0.25, -0.2) is 4.98 Å². The van der Waals surface area contributed by atoms with Crippen molar-refractivity contribution in [3.63, 3.8) is 0 Å². The molecule has 1 heterocycles. The van der Waals surface area contributed by atoms with Gasteiger partial charge in [0.25, 0.3) is 0 Å². The molecule has 0 spiro atoms. The van der Waals surface area contributed by atoms with Crippen molar-refractivity contribution >= 4 is 15.9 Å². The zero-order valence-electron chi connectivity index (χ0n) is 9.74. The maximum absolute atomic E-state index is 5.71. The average molecular weight is 295 g/mol. The highest BCUT2D eigenvalue weighted by Crippen LogP contribution is 2.26. The third kappa shape index (κ3) is 2.96. The molecule has 0 atom stereocenters. The molecule has 0 aliphatic heterocycles. The molecule has 17 heavy (non-hydrogen) atoms. The second-order valence-electron chi connectivity index (χ2n) is 3.97. The second kappa shape index (κ2) is 5.47. The fourth-order valence-electron chi connectivity index (χ4n) is 1.71. The van der Waals surface area contributed by atoms with E-state index in [1.807, 2.05) is 12.1 Å². The van der Waals surface area contributed by atoms with E-state index in [4.69, 9.17) is 10.2 Å². The van der Waals surface area contributed by atoms with Crippen molar-refractivity contribution in [1.29, 1.82) is 0 Å². The molecule has 0 saturated heterocycles. The molecule has 0 amide bonds. The molecule has 0 fully saturated rings. The van der Waals surface area contributed by atoms with Crippen LogP contribution in [0.25, 0.3) is 11.3 Å². The van der Waals surface area contributed by atoms with Gasteiger partial charge in [-0.2, -0.15) is 0 Å². The number of nitrogens with zero attached hydrogens (tertiary/aromatic N) is 1. The van der Waals surface area contributed by atoms with Crippen LogP contribution in [0.15, 0.2) is 33.3 Å². The first kappa shape index (κ1) is 12.3. The minimum Gasteiger partial charge on any atom is -0.441 e. The van der Waals surface area contributed by atoms with Crippen LogP contribution < -0.4 is 5.73 Å². The molecule has 0 radical (unpaired) electrons. The SMILES string of the molecule is Cc1cc(Br)ccc1-c1cnc(CCCN)o1. The molecule has 0 bridgehead atoms. The lowest BCUT2D eigenvalue weighted by molar-refractivity contribution is 0.499. The Labute approximate surface area is 109 Å². The predicted molar refractivity (Wildman–Crippen MR) is 71.8 cm³/mol. The van der Waals surface area contributed by atoms with Crippen LogP contribution in [-0.4, -0.2) is 11.5 Å². The number of aryl methyl sites for hydroxylation is 2. The van der Waals surface area contributed by atoms with E-state index in [-0.39, 0.29) is 0 Å². The highest BCUT2D eigenvalue weighted by atomic mass is 79.9. The molecule has 0 saturated carbocycles. The van der Waals surface area contributed by atoms with Crippen LogP contribution in [0.4, 0.5) is 0 Å². The summed E-state index contributed by atoms with van der Waals surface area (Å²) in [6.07, 6.45) is 3.48. The number of rotatable bonds is 4. The van der Waals surface area contributed by atoms with E-state index in [1.165, 1.54) is 5.56 Å². The fraction of sp³-hybridized carbons (Fsp3) is 0.308. The second-order valence-corrected chi connectivity index (χ2v) is 4.89. The Bertz CT molecular complexity index is 508. The molecule has 4 heteroatoms. The van der Waals surface area contributed by atoms with Gasteiger partial charge in [0.1, 0.15) is 0 Å². The summed E-state index contributed by atoms with van der Waals surface area (Å²) in [7, 11) is 0. The Morgan fingerprint density at radius 2 is 2.24 bits per heavy atom. The monoisotopic (exact) mass is 294 g/mol. The Morgan fingerprint density at radius 1 is 1.41 bits per heavy atom. The summed E-state index contributed by atoms with van der Waals surface area (Å²) in [6.45, 7) is 2.72. The number of oxazole rings is 1. The molecule has 0 aliphatic carbocycles. The van der Waals surface area contributed by atoms with E-state index in [9.17, 15) is 0 Å². The number of hydrogen-bond acceptors (Lipinski definition) is 3. The molecule has 2 aromatic rings. The molecule has 2 rings (SSSR count). The number of hydrogen-bond donors (Lipinski definition) is 1. The van der Waals surface area contributed by atoms with Gasteiger partial charge in [0.05, 0.1) is 6.20 Å². The van der Waals surface area contributed by atoms with Crippen molar-refractivity contribution < 1.29 is 4.42 Å². The van der Waals surface area contributed by atoms with E-state index >= 15 is 0 Å². The van der Waals surface area contributed by atoms with E-state index in [0.717, 1.165) is 34.5 Å². The smallest absolute Gasteiger partial charge is 0.194 e. The molecule has 1 aromatic carbocycles. The molecule has 2 N–H and O–H groups in total. The largest absolute Gasteiger partial charge is 0.441 e. The van der Waals surface area contributed by atoms with E-state index < -0.39 is 0 Å². The number of halogens is 1. The Balaban J connectivity index is 2.24. The highest BCUT2D eigenvalue weighted by Gasteiger charge is 2.08. The van der Waals surface area contributed by atoms with Crippen LogP contribution in [0.1, 0.15) is 17.9 Å². The van der Waals surface area contributed by atoms with E-state index in [1.54, 1.807) is 6.20 Å². The molecular formula is C13H15BrN2O. The lowest BCUT2D eigenvalue weighted by atomic mass is 10.1. The topological polar surface area (TPSA) is 52.0 Å². The van der Waals surface area contributed by atoms with Gasteiger partial charge in [0.15, 0.2) is 11.7 Å². The fourth-order valence-corrected chi connectivity index (χ4v) is 2.18. The number of nitrogens with two attached hydrogens (primary N) is 1. The van der Waals surface area contributed by atoms with Crippen LogP contribution in [0.5, 0.6) is 0 Å². The molecule has 1 aromatic heterocycles. The summed E-state index contributed by atoms with van der Waals surface area (Å²) >= 11 is 3.45. The Morgan fingerprint density at radius 3 is 2.94 bits per heavy atom. The summed E-state index contributed by atoms with van der Waals surface area (Å²) in [5, 5.41) is 0. The van der Waals surface area contributed by atoms with Crippen LogP contribution in [0.2, 0.25) is 0 Å². The van der Waals surface area contributed by atoms with Crippen molar-refractivity contribution in [2.45, 2.75) is 19.8 Å². The first-order chi connectivity index (χ1) is 8.20. The van der Waals surface area contributed by atoms with E-state index in [2.05, 4.69) is 33.9 Å². The average Bonchev–Trinajstić information content (AvgIpc) is 2.75. The maximum atomic E-state index is 5.71. The van der Waals surface area contributed by atoms with Crippen molar-refractivity contribution in [2.24, 2.45) is 5.73 Å². The van der Waals surface area contributed by atoms with Crippen molar-refractivity contribution in [2.75, 3.05) is 6.54 Å². The van der Waals surface area contributed by atoms with Gasteiger partial charge in [0, 0.05) is 16.5 Å². The van der Waals surface area contributed by atoms with E-state index in [0.29, 0.717) is 6.54 Å². The normalized spacial score (nSPS) is 10.8. The minimum atomic E-state index is 0.662. The van der Waals surface area contributed by atoms with Gasteiger partial charge in [-0.15, -0.1) is 0 Å². The predicted octanol–water partition coefficient (Wildman–Crippen LogP) is 3.30. The Hall–Kier alpha value is -1.13. The summed E-state index contributed by atoms with van der Waals surface area (Å²) in [6, 6.07) is 6.11. The first-order valence-electron chi connectivity index (χ1n) is 5.62. The van der Waals surface area contributed by atoms with Gasteiger partial charge in [-0.05, 0) is 43.7 Å². The van der Waals surface area contributed by atoms with Crippen molar-refractivity contribution in [3.05, 3.63) is 40.3 Å². The van der Waals surface area contributed by atoms with Gasteiger partial charge >= 0.3 is 0 Å². The molecular weight excluding hydrogens is 280 g/mol. The van der Waals surface area contributed by atoms with Gasteiger partial charge in [-0.1, -0.05) is 15.9 Å². The lowest BCUT2D eigenvalue weighted by Gasteiger charge is -2.02. The maximum Gasteiger partial charge on any atom is 0.194 e. The van der Waals surface area contributed by atoms with Crippen LogP contribution in [0.3, 0.4) is 0 Å². The minimum absolute atomic E-state index is 0.662. The summed E-state index contributed by atoms with van der Waals surface area (Å²) in [5.41, 5.74) is 7.71. The van der Waals surface area contributed by atoms with Crippen LogP contribution in [0, 0.1) is 6.92 Å². The van der Waals surface area contributed by atoms with Crippen molar-refractivity contribution in [3.8, 4) is 11.3 Å². The Kier molecular flexibility index (Phi) is 3.97. The van der Waals surface area contributed by atoms with Gasteiger partial charge in [-0.3, -0.25) is 0 Å². The first-order valence-corrected chi connectivity index (χ1v) is 6.41. The molecule has 0 unspecified atom stereocenters. The lowest BCUT2D eigenvalue weighted by Crippen LogP contribution is -2.00. The summed E-state index contributed by atoms with van der Waals surface area (Å²) < 4.78 is 6.78. The number of benzene rings is 1. The standard InChI is InChI=1S/C13H15BrN2O/c1-9-7-10(14)4-5-11(9)12-8-16-13(17-12)3-2-6-15/h4-5,7-8H,2-3,6,15H2,1H3. The highest BCUT2D eigenvalue weighted by molar-refractivity contribution is 9.10. The van der Waals surface area contributed by atoms with Crippen LogP contribution >= 0.6 is 15.9 Å². The number of aromatic nitrogens is 1. The summed E-state index contributed by atoms with van der Waals surface area (Å²) in [5.74, 6) is 1.58. The zero-order chi connectivity index (χ0) is 12.3. The zero-order valence-corrected chi connectivity index (χ0v) is 11.3. The third-order valence-electron chi connectivity index (χ3n) is 2.60. The molecule has 90 valence electrons. The molecule has 3 nitrogen and oxygen atoms in total. The van der Waals surface area contributed by atoms with Crippen molar-refractivity contribution in [1.82, 2.24) is 4.98 Å². The van der Waals surface area contributed by atoms with Crippen LogP contribution in [-0.2, 0) is 6.42 Å².